The summed E-state index contributed by atoms with van der Waals surface area (Å²) in [6, 6.07) is 13.6. The van der Waals surface area contributed by atoms with E-state index in [1.165, 1.54) is 11.1 Å². The molecule has 2 N–H and O–H groups in total. The molecule has 6 heteroatoms. The number of ether oxygens (including phenoxy) is 1. The van der Waals surface area contributed by atoms with Gasteiger partial charge in [-0.3, -0.25) is 4.79 Å². The van der Waals surface area contributed by atoms with Gasteiger partial charge in [0.1, 0.15) is 0 Å². The van der Waals surface area contributed by atoms with Crippen molar-refractivity contribution in [3.8, 4) is 0 Å². The molecule has 3 rings (SSSR count). The zero-order valence-corrected chi connectivity index (χ0v) is 15.9. The monoisotopic (exact) mass is 369 g/mol. The zero-order chi connectivity index (χ0) is 18.5. The van der Waals surface area contributed by atoms with Crippen molar-refractivity contribution >= 4 is 34.6 Å². The highest BCUT2D eigenvalue weighted by atomic mass is 32.1. The maximum absolute atomic E-state index is 12.5. The second kappa shape index (κ2) is 8.29. The number of hydrogen-bond donors (Lipinski definition) is 2. The van der Waals surface area contributed by atoms with Gasteiger partial charge in [-0.15, -0.1) is 0 Å². The molecule has 0 saturated carbocycles. The molecule has 0 atom stereocenters. The predicted molar refractivity (Wildman–Crippen MR) is 109 cm³/mol. The van der Waals surface area contributed by atoms with Gasteiger partial charge in [0.2, 0.25) is 0 Å². The Balaban J connectivity index is 1.59. The van der Waals surface area contributed by atoms with Crippen LogP contribution in [0.15, 0.2) is 42.5 Å². The van der Waals surface area contributed by atoms with Crippen LogP contribution in [0.2, 0.25) is 0 Å². The topological polar surface area (TPSA) is 53.6 Å². The van der Waals surface area contributed by atoms with Gasteiger partial charge < -0.3 is 20.3 Å². The summed E-state index contributed by atoms with van der Waals surface area (Å²) in [5.41, 5.74) is 4.83. The molecule has 5 nitrogen and oxygen atoms in total. The summed E-state index contributed by atoms with van der Waals surface area (Å²) in [4.78, 5) is 14.3. The van der Waals surface area contributed by atoms with Crippen molar-refractivity contribution in [1.82, 2.24) is 4.90 Å². The number of amides is 1. The number of nitrogens with one attached hydrogen (secondary N) is 2. The molecule has 1 saturated heterocycles. The van der Waals surface area contributed by atoms with Crippen molar-refractivity contribution in [3.05, 3.63) is 59.2 Å². The van der Waals surface area contributed by atoms with E-state index in [9.17, 15) is 4.79 Å². The van der Waals surface area contributed by atoms with Crippen molar-refractivity contribution in [2.45, 2.75) is 13.8 Å². The summed E-state index contributed by atoms with van der Waals surface area (Å²) in [6.45, 7) is 6.59. The Morgan fingerprint density at radius 2 is 1.54 bits per heavy atom. The first-order valence-corrected chi connectivity index (χ1v) is 9.05. The lowest BCUT2D eigenvalue weighted by Gasteiger charge is -2.26. The number of aryl methyl sites for hydroxylation is 2. The van der Waals surface area contributed by atoms with Crippen LogP contribution >= 0.6 is 12.2 Å². The fourth-order valence-corrected chi connectivity index (χ4v) is 3.22. The van der Waals surface area contributed by atoms with Crippen LogP contribution in [0.1, 0.15) is 21.5 Å². The van der Waals surface area contributed by atoms with Crippen molar-refractivity contribution in [1.29, 1.82) is 0 Å². The first-order chi connectivity index (χ1) is 12.5. The highest BCUT2D eigenvalue weighted by Gasteiger charge is 2.18. The largest absolute Gasteiger partial charge is 0.378 e. The van der Waals surface area contributed by atoms with Gasteiger partial charge in [-0.2, -0.15) is 0 Å². The first-order valence-electron chi connectivity index (χ1n) is 8.65. The number of carbonyl (C=O) groups excluding carboxylic acids is 1. The maximum Gasteiger partial charge on any atom is 0.254 e. The molecule has 1 amide bonds. The minimum atomic E-state index is 0.0378. The van der Waals surface area contributed by atoms with E-state index in [1.807, 2.05) is 41.3 Å². The molecule has 136 valence electrons. The number of rotatable bonds is 3. The summed E-state index contributed by atoms with van der Waals surface area (Å²) < 4.78 is 5.29. The van der Waals surface area contributed by atoms with Crippen LogP contribution < -0.4 is 10.6 Å². The van der Waals surface area contributed by atoms with Gasteiger partial charge >= 0.3 is 0 Å². The quantitative estimate of drug-likeness (QED) is 0.810. The third kappa shape index (κ3) is 4.80. The second-order valence-electron chi connectivity index (χ2n) is 6.44. The van der Waals surface area contributed by atoms with E-state index in [1.54, 1.807) is 0 Å². The molecule has 1 aliphatic heterocycles. The molecular weight excluding hydrogens is 346 g/mol. The van der Waals surface area contributed by atoms with Crippen molar-refractivity contribution < 1.29 is 9.53 Å². The van der Waals surface area contributed by atoms with Crippen LogP contribution in [0.4, 0.5) is 11.4 Å². The van der Waals surface area contributed by atoms with Gasteiger partial charge in [0.15, 0.2) is 5.11 Å². The maximum atomic E-state index is 12.5. The number of carbonyl (C=O) groups is 1. The molecular formula is C20H23N3O2S. The molecule has 1 fully saturated rings. The standard InChI is InChI=1S/C20H23N3O2S/c1-14-11-15(2)13-18(12-14)22-20(26)21-17-5-3-16(4-6-17)19(24)23-7-9-25-10-8-23/h3-6,11-13H,7-10H2,1-2H3,(H2,21,22,26). The number of nitrogens with zero attached hydrogens (tertiary/aromatic N) is 1. The normalized spacial score (nSPS) is 14.0. The molecule has 0 radical (unpaired) electrons. The molecule has 0 spiro atoms. The van der Waals surface area contributed by atoms with Gasteiger partial charge in [-0.25, -0.2) is 0 Å². The van der Waals surface area contributed by atoms with E-state index < -0.39 is 0 Å². The average molecular weight is 369 g/mol. The zero-order valence-electron chi connectivity index (χ0n) is 15.0. The number of benzene rings is 2. The SMILES string of the molecule is Cc1cc(C)cc(NC(=S)Nc2ccc(C(=O)N3CCOCC3)cc2)c1. The van der Waals surface area contributed by atoms with E-state index in [2.05, 4.69) is 30.5 Å². The Morgan fingerprint density at radius 3 is 2.15 bits per heavy atom. The van der Waals surface area contributed by atoms with E-state index >= 15 is 0 Å². The van der Waals surface area contributed by atoms with Crippen molar-refractivity contribution in [3.63, 3.8) is 0 Å². The van der Waals surface area contributed by atoms with Gasteiger partial charge in [0.25, 0.3) is 5.91 Å². The number of morpholine rings is 1. The molecule has 0 aromatic heterocycles. The summed E-state index contributed by atoms with van der Waals surface area (Å²) in [5.74, 6) is 0.0378. The predicted octanol–water partition coefficient (Wildman–Crippen LogP) is 3.58. The van der Waals surface area contributed by atoms with Crippen LogP contribution in [-0.2, 0) is 4.74 Å². The smallest absolute Gasteiger partial charge is 0.254 e. The van der Waals surface area contributed by atoms with Gasteiger partial charge in [0, 0.05) is 30.0 Å². The second-order valence-corrected chi connectivity index (χ2v) is 6.85. The summed E-state index contributed by atoms with van der Waals surface area (Å²) in [7, 11) is 0. The Bertz CT molecular complexity index is 779. The minimum absolute atomic E-state index is 0.0378. The van der Waals surface area contributed by atoms with Crippen LogP contribution in [0.5, 0.6) is 0 Å². The van der Waals surface area contributed by atoms with E-state index in [4.69, 9.17) is 17.0 Å². The van der Waals surface area contributed by atoms with Gasteiger partial charge in [-0.1, -0.05) is 6.07 Å². The lowest BCUT2D eigenvalue weighted by molar-refractivity contribution is 0.0303. The third-order valence-corrected chi connectivity index (χ3v) is 4.37. The third-order valence-electron chi connectivity index (χ3n) is 4.17. The van der Waals surface area contributed by atoms with Gasteiger partial charge in [0.05, 0.1) is 13.2 Å². The van der Waals surface area contributed by atoms with E-state index in [0.717, 1.165) is 11.4 Å². The van der Waals surface area contributed by atoms with E-state index in [-0.39, 0.29) is 5.91 Å². The van der Waals surface area contributed by atoms with Crippen molar-refractivity contribution in [2.24, 2.45) is 0 Å². The fourth-order valence-electron chi connectivity index (χ4n) is 2.99. The lowest BCUT2D eigenvalue weighted by atomic mass is 10.1. The number of anilines is 2. The molecule has 2 aromatic rings. The van der Waals surface area contributed by atoms with Crippen LogP contribution in [0, 0.1) is 13.8 Å². The van der Waals surface area contributed by atoms with E-state index in [0.29, 0.717) is 37.0 Å². The minimum Gasteiger partial charge on any atom is -0.378 e. The molecule has 2 aromatic carbocycles. The Kier molecular flexibility index (Phi) is 5.85. The van der Waals surface area contributed by atoms with Crippen LogP contribution in [0.3, 0.4) is 0 Å². The number of thiocarbonyl (C=S) groups is 1. The molecule has 0 unspecified atom stereocenters. The highest BCUT2D eigenvalue weighted by Crippen LogP contribution is 2.16. The molecule has 0 bridgehead atoms. The number of hydrogen-bond acceptors (Lipinski definition) is 3. The highest BCUT2D eigenvalue weighted by molar-refractivity contribution is 7.80. The van der Waals surface area contributed by atoms with Crippen LogP contribution in [0.25, 0.3) is 0 Å². The van der Waals surface area contributed by atoms with Crippen molar-refractivity contribution in [2.75, 3.05) is 36.9 Å². The Labute approximate surface area is 159 Å². The summed E-state index contributed by atoms with van der Waals surface area (Å²) >= 11 is 5.38. The average Bonchev–Trinajstić information content (AvgIpc) is 2.61. The first kappa shape index (κ1) is 18.4. The molecule has 0 aliphatic carbocycles. The van der Waals surface area contributed by atoms with Gasteiger partial charge in [-0.05, 0) is 73.6 Å². The molecule has 1 heterocycles. The summed E-state index contributed by atoms with van der Waals surface area (Å²) in [5, 5.41) is 6.86. The fraction of sp³-hybridized carbons (Fsp3) is 0.300. The lowest BCUT2D eigenvalue weighted by Crippen LogP contribution is -2.40. The Morgan fingerprint density at radius 1 is 0.962 bits per heavy atom. The molecule has 1 aliphatic rings. The van der Waals surface area contributed by atoms with Crippen LogP contribution in [-0.4, -0.2) is 42.2 Å². The molecule has 26 heavy (non-hydrogen) atoms. The Hall–Kier alpha value is -2.44. The summed E-state index contributed by atoms with van der Waals surface area (Å²) in [6.07, 6.45) is 0.